The molecule has 0 aliphatic heterocycles. The molecular weight excluding hydrogens is 536 g/mol. The van der Waals surface area contributed by atoms with Crippen molar-refractivity contribution in [2.75, 3.05) is 23.4 Å². The van der Waals surface area contributed by atoms with Crippen molar-refractivity contribution in [3.05, 3.63) is 92.5 Å². The van der Waals surface area contributed by atoms with Crippen molar-refractivity contribution < 1.29 is 14.8 Å². The van der Waals surface area contributed by atoms with Gasteiger partial charge in [-0.3, -0.25) is 31.2 Å². The Bertz CT molecular complexity index is 1500. The second-order valence-corrected chi connectivity index (χ2v) is 8.84. The molecule has 0 spiro atoms. The molecule has 3 N–H and O–H groups in total. The smallest absolute Gasteiger partial charge is 0.271 e. The summed E-state index contributed by atoms with van der Waals surface area (Å²) in [6.45, 7) is 2.69. The zero-order chi connectivity index (χ0) is 29.1. The molecule has 0 saturated heterocycles. The Morgan fingerprint density at radius 2 is 1.75 bits per heavy atom. The Morgan fingerprint density at radius 1 is 1.02 bits per heavy atom. The van der Waals surface area contributed by atoms with Crippen LogP contribution >= 0.6 is 11.6 Å². The molecular formula is C27H24ClN8O4-. The third kappa shape index (κ3) is 7.84. The van der Waals surface area contributed by atoms with Crippen LogP contribution in [-0.2, 0) is 0 Å². The molecule has 0 unspecified atom stereocenters. The molecule has 0 aromatic heterocycles. The molecule has 0 atom stereocenters. The number of hydrazone groups is 1. The van der Waals surface area contributed by atoms with Crippen molar-refractivity contribution in [3.8, 4) is 17.9 Å². The number of nitro benzene ring substituents is 1. The monoisotopic (exact) mass is 559 g/mol. The summed E-state index contributed by atoms with van der Waals surface area (Å²) in [6, 6.07) is 19.1. The first-order valence-corrected chi connectivity index (χ1v) is 12.3. The van der Waals surface area contributed by atoms with E-state index >= 15 is 0 Å². The second-order valence-electron chi connectivity index (χ2n) is 8.40. The minimum absolute atomic E-state index is 0.137. The Hall–Kier alpha value is -5.33. The van der Waals surface area contributed by atoms with E-state index in [-0.39, 0.29) is 35.0 Å². The van der Waals surface area contributed by atoms with E-state index in [2.05, 4.69) is 33.5 Å². The van der Waals surface area contributed by atoms with Crippen LogP contribution in [0.4, 0.5) is 17.1 Å². The summed E-state index contributed by atoms with van der Waals surface area (Å²) < 4.78 is 0. The number of nitrogens with one attached hydrogen (secondary N) is 3. The first-order valence-electron chi connectivity index (χ1n) is 11.9. The largest absolute Gasteiger partial charge is 0.872 e. The van der Waals surface area contributed by atoms with Gasteiger partial charge in [0.05, 0.1) is 35.6 Å². The fourth-order valence-corrected chi connectivity index (χ4v) is 3.85. The maximum Gasteiger partial charge on any atom is 0.271 e. The quantitative estimate of drug-likeness (QED) is 0.143. The van der Waals surface area contributed by atoms with Crippen molar-refractivity contribution in [2.45, 2.75) is 19.8 Å². The standard InChI is InChI=1S/C27H25ClN8O4/c1-18-15-21(35(13-3-11-29)14-4-12-30)8-9-23(18)26(32-31-20-5-2-6-22(17-20)36(39)40)33-34-27(38)24-16-19(28)7-10-25(24)37/h2,5-10,15-17,31,37H,3-4,13-14H2,1H3,(H,32,33)(H,34,38)/p-1. The molecule has 0 aliphatic rings. The Balaban J connectivity index is 1.93. The minimum atomic E-state index is -0.746. The fraction of sp³-hybridized carbons (Fsp3) is 0.185. The van der Waals surface area contributed by atoms with Gasteiger partial charge >= 0.3 is 0 Å². The number of hydrogen-bond acceptors (Lipinski definition) is 9. The highest BCUT2D eigenvalue weighted by atomic mass is 35.5. The van der Waals surface area contributed by atoms with Crippen LogP contribution in [0.2, 0.25) is 5.02 Å². The molecule has 204 valence electrons. The maximum atomic E-state index is 12.7. The predicted molar refractivity (Wildman–Crippen MR) is 149 cm³/mol. The van der Waals surface area contributed by atoms with Crippen molar-refractivity contribution in [1.29, 1.82) is 10.5 Å². The average molecular weight is 560 g/mol. The Morgan fingerprint density at radius 3 is 2.40 bits per heavy atom. The summed E-state index contributed by atoms with van der Waals surface area (Å²) in [7, 11) is 0. The topological polar surface area (TPSA) is 183 Å². The van der Waals surface area contributed by atoms with Crippen LogP contribution in [0.3, 0.4) is 0 Å². The maximum absolute atomic E-state index is 12.7. The van der Waals surface area contributed by atoms with Crippen LogP contribution in [0, 0.1) is 39.7 Å². The van der Waals surface area contributed by atoms with Crippen molar-refractivity contribution in [1.82, 2.24) is 10.9 Å². The number of hydrazine groups is 1. The van der Waals surface area contributed by atoms with Crippen molar-refractivity contribution in [3.63, 3.8) is 0 Å². The number of amidine groups is 1. The molecule has 0 bridgehead atoms. The van der Waals surface area contributed by atoms with Gasteiger partial charge in [-0.05, 0) is 48.9 Å². The highest BCUT2D eigenvalue weighted by Crippen LogP contribution is 2.22. The number of halogens is 1. The van der Waals surface area contributed by atoms with Crippen molar-refractivity contribution in [2.24, 2.45) is 5.10 Å². The normalized spacial score (nSPS) is 10.7. The van der Waals surface area contributed by atoms with Crippen LogP contribution < -0.4 is 26.3 Å². The van der Waals surface area contributed by atoms with Gasteiger partial charge in [-0.25, -0.2) is 0 Å². The summed E-state index contributed by atoms with van der Waals surface area (Å²) in [5, 5.41) is 45.8. The molecule has 0 saturated carbocycles. The molecule has 12 nitrogen and oxygen atoms in total. The first kappa shape index (κ1) is 29.2. The number of anilines is 2. The number of nitro groups is 1. The lowest BCUT2D eigenvalue weighted by atomic mass is 10.1. The zero-order valence-electron chi connectivity index (χ0n) is 21.3. The van der Waals surface area contributed by atoms with Gasteiger partial charge < -0.3 is 10.0 Å². The van der Waals surface area contributed by atoms with Crippen LogP contribution in [0.25, 0.3) is 0 Å². The number of aryl methyl sites for hydroxylation is 1. The van der Waals surface area contributed by atoms with Gasteiger partial charge in [0.15, 0.2) is 5.84 Å². The molecule has 40 heavy (non-hydrogen) atoms. The summed E-state index contributed by atoms with van der Waals surface area (Å²) in [6.07, 6.45) is 0.565. The number of nitriles is 2. The van der Waals surface area contributed by atoms with E-state index in [1.807, 2.05) is 17.9 Å². The molecule has 0 fully saturated rings. The third-order valence-electron chi connectivity index (χ3n) is 5.65. The summed E-state index contributed by atoms with van der Waals surface area (Å²) in [5.74, 6) is -1.13. The molecule has 3 aromatic rings. The Kier molecular flexibility index (Phi) is 10.2. The van der Waals surface area contributed by atoms with Gasteiger partial charge in [-0.1, -0.05) is 29.5 Å². The second kappa shape index (κ2) is 14.0. The first-order chi connectivity index (χ1) is 19.2. The predicted octanol–water partition coefficient (Wildman–Crippen LogP) is 3.97. The molecule has 1 amide bonds. The number of carbonyl (C=O) groups excluding carboxylic acids is 1. The zero-order valence-corrected chi connectivity index (χ0v) is 22.1. The fourth-order valence-electron chi connectivity index (χ4n) is 3.68. The Labute approximate surface area is 235 Å². The molecule has 0 heterocycles. The van der Waals surface area contributed by atoms with Gasteiger partial charge in [0, 0.05) is 47.1 Å². The van der Waals surface area contributed by atoms with E-state index in [1.54, 1.807) is 18.2 Å². The van der Waals surface area contributed by atoms with Crippen LogP contribution in [-0.4, -0.2) is 29.8 Å². The van der Waals surface area contributed by atoms with Gasteiger partial charge in [-0.15, -0.1) is 0 Å². The summed E-state index contributed by atoms with van der Waals surface area (Å²) in [4.78, 5) is 25.3. The number of rotatable bonds is 10. The van der Waals surface area contributed by atoms with Crippen LogP contribution in [0.1, 0.15) is 34.3 Å². The van der Waals surface area contributed by atoms with Gasteiger partial charge in [0.25, 0.3) is 11.6 Å². The van der Waals surface area contributed by atoms with Gasteiger partial charge in [-0.2, -0.15) is 15.6 Å². The molecule has 13 heteroatoms. The van der Waals surface area contributed by atoms with Gasteiger partial charge in [0.1, 0.15) is 0 Å². The number of amides is 1. The highest BCUT2D eigenvalue weighted by Gasteiger charge is 2.15. The molecule has 3 rings (SSSR count). The highest BCUT2D eigenvalue weighted by molar-refractivity contribution is 6.31. The number of benzene rings is 3. The van der Waals surface area contributed by atoms with Gasteiger partial charge in [0.2, 0.25) is 0 Å². The lowest BCUT2D eigenvalue weighted by Gasteiger charge is -2.24. The van der Waals surface area contributed by atoms with E-state index in [0.29, 0.717) is 24.3 Å². The van der Waals surface area contributed by atoms with E-state index in [0.717, 1.165) is 11.3 Å². The number of non-ortho nitro benzene ring substituents is 1. The van der Waals surface area contributed by atoms with Crippen LogP contribution in [0.5, 0.6) is 5.75 Å². The summed E-state index contributed by atoms with van der Waals surface area (Å²) >= 11 is 5.94. The van der Waals surface area contributed by atoms with E-state index in [4.69, 9.17) is 22.1 Å². The van der Waals surface area contributed by atoms with Crippen LogP contribution in [0.15, 0.2) is 65.8 Å². The van der Waals surface area contributed by atoms with E-state index in [9.17, 15) is 20.0 Å². The lowest BCUT2D eigenvalue weighted by molar-refractivity contribution is -0.384. The minimum Gasteiger partial charge on any atom is -0.872 e. The summed E-state index contributed by atoms with van der Waals surface area (Å²) in [5.41, 5.74) is 9.99. The number of carbonyl (C=O) groups is 1. The molecule has 3 aromatic carbocycles. The molecule has 0 radical (unpaired) electrons. The number of hydrogen-bond donors (Lipinski definition) is 3. The SMILES string of the molecule is Cc1cc(N(CCC#N)CCC#N)ccc1C(=NNc1cccc([N+](=O)[O-])c1)NNC(=O)c1cc(Cl)ccc1[O-]. The molecule has 0 aliphatic carbocycles. The lowest BCUT2D eigenvalue weighted by Crippen LogP contribution is -2.43. The van der Waals surface area contributed by atoms with Crippen molar-refractivity contribution >= 4 is 40.4 Å². The third-order valence-corrected chi connectivity index (χ3v) is 5.89. The average Bonchev–Trinajstić information content (AvgIpc) is 2.94. The number of nitrogens with zero attached hydrogens (tertiary/aromatic N) is 5. The van der Waals surface area contributed by atoms with E-state index < -0.39 is 16.6 Å². The van der Waals surface area contributed by atoms with E-state index in [1.165, 1.54) is 36.4 Å².